The van der Waals surface area contributed by atoms with E-state index in [0.717, 1.165) is 6.07 Å². The maximum atomic E-state index is 13.4. The predicted molar refractivity (Wildman–Crippen MR) is 44.0 cm³/mol. The second-order valence-corrected chi connectivity index (χ2v) is 2.68. The van der Waals surface area contributed by atoms with Crippen molar-refractivity contribution in [1.29, 1.82) is 0 Å². The highest BCUT2D eigenvalue weighted by Gasteiger charge is 2.25. The first-order chi connectivity index (χ1) is 6.70. The topological polar surface area (TPSA) is 61.6 Å². The zero-order valence-electron chi connectivity index (χ0n) is 7.03. The molecule has 0 fully saturated rings. The third-order valence-electron chi connectivity index (χ3n) is 1.82. The van der Waals surface area contributed by atoms with Gasteiger partial charge in [0.2, 0.25) is 11.6 Å². The quantitative estimate of drug-likeness (QED) is 0.508. The van der Waals surface area contributed by atoms with Crippen molar-refractivity contribution in [3.05, 3.63) is 28.1 Å². The zero-order valence-corrected chi connectivity index (χ0v) is 7.03. The Morgan fingerprint density at radius 3 is 2.79 bits per heavy atom. The molecule has 1 heterocycles. The Bertz CT molecular complexity index is 393. The Balaban J connectivity index is 2.54. The monoisotopic (exact) mass is 199 g/mol. The van der Waals surface area contributed by atoms with Crippen LogP contribution in [0.3, 0.4) is 0 Å². The number of halogens is 1. The summed E-state index contributed by atoms with van der Waals surface area (Å²) in [4.78, 5) is 9.58. The Hall–Kier alpha value is -1.85. The molecule has 74 valence electrons. The van der Waals surface area contributed by atoms with Gasteiger partial charge in [-0.25, -0.2) is 0 Å². The van der Waals surface area contributed by atoms with Crippen LogP contribution in [0.5, 0.6) is 11.5 Å². The molecule has 0 aliphatic carbocycles. The fraction of sp³-hybridized carbons (Fsp3) is 0.250. The molecular weight excluding hydrogens is 193 g/mol. The van der Waals surface area contributed by atoms with E-state index in [1.807, 2.05) is 0 Å². The summed E-state index contributed by atoms with van der Waals surface area (Å²) >= 11 is 0. The molecule has 6 heteroatoms. The third kappa shape index (κ3) is 1.24. The van der Waals surface area contributed by atoms with Gasteiger partial charge >= 0.3 is 5.69 Å². The second kappa shape index (κ2) is 3.13. The average Bonchev–Trinajstić information content (AvgIpc) is 2.18. The number of nitro benzene ring substituents is 1. The lowest BCUT2D eigenvalue weighted by Crippen LogP contribution is -2.16. The molecule has 0 N–H and O–H groups in total. The summed E-state index contributed by atoms with van der Waals surface area (Å²) in [6.45, 7) is 0.523. The van der Waals surface area contributed by atoms with Crippen LogP contribution in [-0.2, 0) is 0 Å². The summed E-state index contributed by atoms with van der Waals surface area (Å²) < 4.78 is 23.4. The smallest absolute Gasteiger partial charge is 0.308 e. The van der Waals surface area contributed by atoms with Crippen molar-refractivity contribution < 1.29 is 18.8 Å². The van der Waals surface area contributed by atoms with E-state index in [9.17, 15) is 14.5 Å². The number of rotatable bonds is 1. The lowest BCUT2D eigenvalue weighted by molar-refractivity contribution is -0.387. The molecule has 0 saturated carbocycles. The minimum atomic E-state index is -0.979. The molecule has 1 aliphatic rings. The van der Waals surface area contributed by atoms with Gasteiger partial charge in [-0.05, 0) is 6.07 Å². The molecule has 0 spiro atoms. The molecule has 5 nitrogen and oxygen atoms in total. The predicted octanol–water partition coefficient (Wildman–Crippen LogP) is 1.51. The van der Waals surface area contributed by atoms with Gasteiger partial charge in [-0.3, -0.25) is 10.1 Å². The van der Waals surface area contributed by atoms with Gasteiger partial charge in [-0.1, -0.05) is 0 Å². The van der Waals surface area contributed by atoms with E-state index in [0.29, 0.717) is 6.61 Å². The summed E-state index contributed by atoms with van der Waals surface area (Å²) in [6, 6.07) is 2.39. The van der Waals surface area contributed by atoms with Crippen LogP contribution in [0.2, 0.25) is 0 Å². The molecule has 2 rings (SSSR count). The molecule has 1 aliphatic heterocycles. The Morgan fingerprint density at radius 1 is 1.36 bits per heavy atom. The molecule has 1 aromatic carbocycles. The highest BCUT2D eigenvalue weighted by Crippen LogP contribution is 2.37. The van der Waals surface area contributed by atoms with Gasteiger partial charge < -0.3 is 9.47 Å². The fourth-order valence-corrected chi connectivity index (χ4v) is 1.21. The van der Waals surface area contributed by atoms with Crippen LogP contribution in [-0.4, -0.2) is 18.1 Å². The molecule has 0 bridgehead atoms. The van der Waals surface area contributed by atoms with Gasteiger partial charge in [0.1, 0.15) is 13.2 Å². The van der Waals surface area contributed by atoms with E-state index in [1.54, 1.807) is 0 Å². The van der Waals surface area contributed by atoms with E-state index < -0.39 is 16.4 Å². The largest absolute Gasteiger partial charge is 0.486 e. The van der Waals surface area contributed by atoms with Crippen molar-refractivity contribution in [2.75, 3.05) is 13.2 Å². The average molecular weight is 199 g/mol. The van der Waals surface area contributed by atoms with Gasteiger partial charge in [0.05, 0.1) is 4.92 Å². The van der Waals surface area contributed by atoms with Gasteiger partial charge in [-0.2, -0.15) is 4.39 Å². The molecule has 1 aromatic rings. The van der Waals surface area contributed by atoms with Crippen LogP contribution < -0.4 is 9.47 Å². The van der Waals surface area contributed by atoms with Gasteiger partial charge in [0.15, 0.2) is 5.75 Å². The van der Waals surface area contributed by atoms with Crippen LogP contribution in [0.1, 0.15) is 0 Å². The van der Waals surface area contributed by atoms with Crippen molar-refractivity contribution in [2.24, 2.45) is 0 Å². The number of hydrogen-bond acceptors (Lipinski definition) is 4. The van der Waals surface area contributed by atoms with Crippen LogP contribution in [0.4, 0.5) is 10.1 Å². The summed E-state index contributed by atoms with van der Waals surface area (Å²) in [5.74, 6) is -0.947. The highest BCUT2D eigenvalue weighted by atomic mass is 19.1. The van der Waals surface area contributed by atoms with E-state index in [-0.39, 0.29) is 18.1 Å². The number of hydrogen-bond donors (Lipinski definition) is 0. The van der Waals surface area contributed by atoms with Crippen molar-refractivity contribution in [1.82, 2.24) is 0 Å². The number of benzene rings is 1. The molecule has 0 radical (unpaired) electrons. The maximum Gasteiger partial charge on any atom is 0.308 e. The van der Waals surface area contributed by atoms with Crippen LogP contribution in [0, 0.1) is 15.9 Å². The van der Waals surface area contributed by atoms with Gasteiger partial charge in [0, 0.05) is 6.07 Å². The van der Waals surface area contributed by atoms with E-state index in [2.05, 4.69) is 0 Å². The third-order valence-corrected chi connectivity index (χ3v) is 1.82. The Kier molecular flexibility index (Phi) is 1.95. The van der Waals surface area contributed by atoms with E-state index in [4.69, 9.17) is 9.47 Å². The number of ether oxygens (including phenoxy) is 2. The van der Waals surface area contributed by atoms with Crippen LogP contribution >= 0.6 is 0 Å². The lowest BCUT2D eigenvalue weighted by Gasteiger charge is -2.17. The van der Waals surface area contributed by atoms with Gasteiger partial charge in [0.25, 0.3) is 0 Å². The zero-order chi connectivity index (χ0) is 10.1. The van der Waals surface area contributed by atoms with Crippen LogP contribution in [0.15, 0.2) is 12.1 Å². The SMILES string of the molecule is O=[N+]([O-])c1ccc2c(c1F)OCCO2. The summed E-state index contributed by atoms with van der Waals surface area (Å²) in [5.41, 5.74) is -0.603. The van der Waals surface area contributed by atoms with E-state index in [1.165, 1.54) is 6.07 Å². The minimum absolute atomic E-state index is 0.176. The Morgan fingerprint density at radius 2 is 2.07 bits per heavy atom. The molecule has 14 heavy (non-hydrogen) atoms. The highest BCUT2D eigenvalue weighted by molar-refractivity contribution is 5.50. The second-order valence-electron chi connectivity index (χ2n) is 2.68. The molecule has 0 atom stereocenters. The van der Waals surface area contributed by atoms with Crippen LogP contribution in [0.25, 0.3) is 0 Å². The molecule has 0 saturated heterocycles. The summed E-state index contributed by atoms with van der Waals surface area (Å²) in [7, 11) is 0. The first kappa shape index (κ1) is 8.74. The van der Waals surface area contributed by atoms with Gasteiger partial charge in [-0.15, -0.1) is 0 Å². The molecule has 0 aromatic heterocycles. The van der Waals surface area contributed by atoms with Crippen molar-refractivity contribution in [3.8, 4) is 11.5 Å². The molecule has 0 unspecified atom stereocenters. The standard InChI is InChI=1S/C8H6FNO4/c9-7-5(10(11)12)1-2-6-8(7)14-4-3-13-6/h1-2H,3-4H2. The van der Waals surface area contributed by atoms with Crippen molar-refractivity contribution in [3.63, 3.8) is 0 Å². The lowest BCUT2D eigenvalue weighted by atomic mass is 10.2. The first-order valence-corrected chi connectivity index (χ1v) is 3.92. The fourth-order valence-electron chi connectivity index (χ4n) is 1.21. The molecular formula is C8H6FNO4. The number of nitro groups is 1. The maximum absolute atomic E-state index is 13.4. The van der Waals surface area contributed by atoms with Crippen molar-refractivity contribution in [2.45, 2.75) is 0 Å². The summed E-state index contributed by atoms with van der Waals surface area (Å²) in [6.07, 6.45) is 0. The normalized spacial score (nSPS) is 13.8. The number of nitrogens with zero attached hydrogens (tertiary/aromatic N) is 1. The first-order valence-electron chi connectivity index (χ1n) is 3.92. The van der Waals surface area contributed by atoms with Crippen molar-refractivity contribution >= 4 is 5.69 Å². The minimum Gasteiger partial charge on any atom is -0.486 e. The summed E-state index contributed by atoms with van der Waals surface area (Å²) in [5, 5.41) is 10.4. The number of fused-ring (bicyclic) bond motifs is 1. The Labute approximate surface area is 78.2 Å². The molecule has 0 amide bonds. The van der Waals surface area contributed by atoms with E-state index >= 15 is 0 Å².